The highest BCUT2D eigenvalue weighted by Gasteiger charge is 2.24. The van der Waals surface area contributed by atoms with Crippen molar-refractivity contribution in [3.05, 3.63) is 38.1 Å². The number of nitro benzene ring substituents is 1. The first-order valence-corrected chi connectivity index (χ1v) is 4.44. The van der Waals surface area contributed by atoms with Crippen molar-refractivity contribution in [1.82, 2.24) is 0 Å². The van der Waals surface area contributed by atoms with Crippen LogP contribution in [0.5, 0.6) is 0 Å². The number of rotatable bonds is 2. The Hall–Kier alpha value is -1.01. The highest BCUT2D eigenvalue weighted by Crippen LogP contribution is 2.28. The summed E-state index contributed by atoms with van der Waals surface area (Å²) in [5.41, 5.74) is -1.38. The maximum absolute atomic E-state index is 13.2. The first-order valence-electron chi connectivity index (χ1n) is 3.27. The third-order valence-corrected chi connectivity index (χ3v) is 2.27. The Kier molecular flexibility index (Phi) is 3.17. The van der Waals surface area contributed by atoms with Crippen LogP contribution >= 0.6 is 27.5 Å². The largest absolute Gasteiger partial charge is 0.284 e. The lowest BCUT2D eigenvalue weighted by Gasteiger charge is -2.00. The average Bonchev–Trinajstić information content (AvgIpc) is 2.08. The summed E-state index contributed by atoms with van der Waals surface area (Å²) in [4.78, 5) is 20.3. The summed E-state index contributed by atoms with van der Waals surface area (Å²) in [5, 5.41) is 9.20. The Morgan fingerprint density at radius 2 is 2.14 bits per heavy atom. The maximum Gasteiger partial charge on any atom is 0.284 e. The van der Waals surface area contributed by atoms with E-state index >= 15 is 0 Å². The molecule has 0 spiro atoms. The van der Waals surface area contributed by atoms with Crippen LogP contribution in [0.3, 0.4) is 0 Å². The van der Waals surface area contributed by atoms with Gasteiger partial charge in [-0.05, 0) is 33.6 Å². The fourth-order valence-corrected chi connectivity index (χ4v) is 1.39. The van der Waals surface area contributed by atoms with Gasteiger partial charge in [0.1, 0.15) is 5.56 Å². The summed E-state index contributed by atoms with van der Waals surface area (Å²) in [6.07, 6.45) is 0. The van der Waals surface area contributed by atoms with E-state index in [-0.39, 0.29) is 4.47 Å². The molecule has 0 atom stereocenters. The molecule has 14 heavy (non-hydrogen) atoms. The van der Waals surface area contributed by atoms with E-state index in [1.165, 1.54) is 0 Å². The van der Waals surface area contributed by atoms with Gasteiger partial charge in [0.25, 0.3) is 10.9 Å². The highest BCUT2D eigenvalue weighted by atomic mass is 79.9. The Labute approximate surface area is 90.9 Å². The number of benzene rings is 1. The van der Waals surface area contributed by atoms with Crippen LogP contribution in [0.1, 0.15) is 10.4 Å². The summed E-state index contributed by atoms with van der Waals surface area (Å²) in [7, 11) is 0. The number of carbonyl (C=O) groups is 1. The fourth-order valence-electron chi connectivity index (χ4n) is 0.880. The lowest BCUT2D eigenvalue weighted by atomic mass is 10.2. The third kappa shape index (κ3) is 1.91. The third-order valence-electron chi connectivity index (χ3n) is 1.47. The van der Waals surface area contributed by atoms with Gasteiger partial charge in [-0.3, -0.25) is 14.9 Å². The molecular weight excluding hydrogens is 280 g/mol. The van der Waals surface area contributed by atoms with E-state index in [1.54, 1.807) is 0 Å². The van der Waals surface area contributed by atoms with Crippen molar-refractivity contribution >= 4 is 38.5 Å². The Bertz CT molecular complexity index is 424. The topological polar surface area (TPSA) is 60.2 Å². The van der Waals surface area contributed by atoms with Gasteiger partial charge >= 0.3 is 0 Å². The predicted molar refractivity (Wildman–Crippen MR) is 50.9 cm³/mol. The fraction of sp³-hybridized carbons (Fsp3) is 0. The average molecular weight is 282 g/mol. The maximum atomic E-state index is 13.2. The quantitative estimate of drug-likeness (QED) is 0.476. The molecule has 1 aromatic carbocycles. The first-order chi connectivity index (χ1) is 6.45. The smallest absolute Gasteiger partial charge is 0.275 e. The van der Waals surface area contributed by atoms with Gasteiger partial charge in [-0.2, -0.15) is 0 Å². The normalized spacial score (nSPS) is 9.93. The zero-order valence-electron chi connectivity index (χ0n) is 6.46. The molecule has 0 aliphatic carbocycles. The van der Waals surface area contributed by atoms with Crippen molar-refractivity contribution in [3.63, 3.8) is 0 Å². The number of nitrogens with zero attached hydrogens (tertiary/aromatic N) is 1. The van der Waals surface area contributed by atoms with E-state index in [0.717, 1.165) is 12.1 Å². The molecule has 0 radical (unpaired) electrons. The number of halogens is 3. The minimum absolute atomic E-state index is 0.0490. The summed E-state index contributed by atoms with van der Waals surface area (Å²) in [5.74, 6) is -1.03. The predicted octanol–water partition coefficient (Wildman–Crippen LogP) is 2.88. The van der Waals surface area contributed by atoms with Crippen molar-refractivity contribution in [2.24, 2.45) is 0 Å². The summed E-state index contributed by atoms with van der Waals surface area (Å²) < 4.78 is 13.2. The Morgan fingerprint density at radius 3 is 2.57 bits per heavy atom. The molecule has 0 aliphatic heterocycles. The standard InChI is InChI=1S/C7H2BrClFNO3/c8-3-1-2-4(11(13)14)5(6(3)10)7(9)12/h1-2H. The van der Waals surface area contributed by atoms with Crippen molar-refractivity contribution in [2.45, 2.75) is 0 Å². The molecule has 1 aromatic rings. The van der Waals surface area contributed by atoms with Gasteiger partial charge in [-0.15, -0.1) is 0 Å². The minimum Gasteiger partial charge on any atom is -0.275 e. The van der Waals surface area contributed by atoms with Gasteiger partial charge in [-0.1, -0.05) is 0 Å². The van der Waals surface area contributed by atoms with Gasteiger partial charge in [-0.25, -0.2) is 4.39 Å². The van der Waals surface area contributed by atoms with Crippen LogP contribution in [0.15, 0.2) is 16.6 Å². The van der Waals surface area contributed by atoms with Gasteiger partial charge in [0.15, 0.2) is 5.82 Å². The first kappa shape index (κ1) is 11.1. The second-order valence-electron chi connectivity index (χ2n) is 2.29. The van der Waals surface area contributed by atoms with Crippen LogP contribution in [0.25, 0.3) is 0 Å². The van der Waals surface area contributed by atoms with Crippen LogP contribution in [0.2, 0.25) is 0 Å². The molecule has 0 amide bonds. The monoisotopic (exact) mass is 281 g/mol. The summed E-state index contributed by atoms with van der Waals surface area (Å²) in [6.45, 7) is 0. The van der Waals surface area contributed by atoms with Gasteiger partial charge in [0.2, 0.25) is 0 Å². The lowest BCUT2D eigenvalue weighted by molar-refractivity contribution is -0.385. The van der Waals surface area contributed by atoms with E-state index < -0.39 is 27.2 Å². The molecule has 0 saturated carbocycles. The molecule has 7 heteroatoms. The number of hydrogen-bond donors (Lipinski definition) is 0. The summed E-state index contributed by atoms with van der Waals surface area (Å²) in [6, 6.07) is 2.14. The zero-order chi connectivity index (χ0) is 10.9. The Balaban J connectivity index is 3.53. The second kappa shape index (κ2) is 4.02. The molecule has 4 nitrogen and oxygen atoms in total. The molecule has 0 saturated heterocycles. The van der Waals surface area contributed by atoms with Crippen LogP contribution in [0, 0.1) is 15.9 Å². The van der Waals surface area contributed by atoms with Crippen LogP contribution in [-0.4, -0.2) is 10.2 Å². The molecule has 0 aliphatic rings. The molecule has 0 unspecified atom stereocenters. The van der Waals surface area contributed by atoms with E-state index in [1.807, 2.05) is 0 Å². The van der Waals surface area contributed by atoms with Crippen molar-refractivity contribution in [3.8, 4) is 0 Å². The van der Waals surface area contributed by atoms with Crippen LogP contribution < -0.4 is 0 Å². The van der Waals surface area contributed by atoms with Crippen LogP contribution in [-0.2, 0) is 0 Å². The zero-order valence-corrected chi connectivity index (χ0v) is 8.80. The SMILES string of the molecule is O=C(Cl)c1c([N+](=O)[O-])ccc(Br)c1F. The molecule has 0 heterocycles. The molecule has 1 rings (SSSR count). The second-order valence-corrected chi connectivity index (χ2v) is 3.48. The van der Waals surface area contributed by atoms with Gasteiger partial charge in [0.05, 0.1) is 9.40 Å². The van der Waals surface area contributed by atoms with E-state index in [2.05, 4.69) is 15.9 Å². The number of hydrogen-bond acceptors (Lipinski definition) is 3. The lowest BCUT2D eigenvalue weighted by Crippen LogP contribution is -2.02. The number of nitro groups is 1. The van der Waals surface area contributed by atoms with Crippen molar-refractivity contribution in [2.75, 3.05) is 0 Å². The minimum atomic E-state index is -1.20. The Morgan fingerprint density at radius 1 is 1.57 bits per heavy atom. The molecule has 74 valence electrons. The molecule has 0 aromatic heterocycles. The molecule has 0 fully saturated rings. The van der Waals surface area contributed by atoms with Crippen molar-refractivity contribution < 1.29 is 14.1 Å². The van der Waals surface area contributed by atoms with E-state index in [0.29, 0.717) is 0 Å². The molecule has 0 bridgehead atoms. The number of carbonyl (C=O) groups excluding carboxylic acids is 1. The van der Waals surface area contributed by atoms with E-state index in [4.69, 9.17) is 11.6 Å². The van der Waals surface area contributed by atoms with Gasteiger partial charge in [0, 0.05) is 6.07 Å². The van der Waals surface area contributed by atoms with Crippen molar-refractivity contribution in [1.29, 1.82) is 0 Å². The highest BCUT2D eigenvalue weighted by molar-refractivity contribution is 9.10. The summed E-state index contributed by atoms with van der Waals surface area (Å²) >= 11 is 7.81. The van der Waals surface area contributed by atoms with Gasteiger partial charge < -0.3 is 0 Å². The molecular formula is C7H2BrClFNO3. The van der Waals surface area contributed by atoms with E-state index in [9.17, 15) is 19.3 Å². The van der Waals surface area contributed by atoms with Crippen LogP contribution in [0.4, 0.5) is 10.1 Å². The molecule has 0 N–H and O–H groups in total.